The van der Waals surface area contributed by atoms with Gasteiger partial charge in [-0.15, -0.1) is 0 Å². The summed E-state index contributed by atoms with van der Waals surface area (Å²) >= 11 is 0. The molecule has 0 fully saturated rings. The first-order chi connectivity index (χ1) is 11.7. The Morgan fingerprint density at radius 1 is 1.12 bits per heavy atom. The Balaban J connectivity index is 4.14. The van der Waals surface area contributed by atoms with Crippen molar-refractivity contribution in [2.24, 2.45) is 11.7 Å². The van der Waals surface area contributed by atoms with Crippen molar-refractivity contribution in [3.05, 3.63) is 0 Å². The van der Waals surface area contributed by atoms with Gasteiger partial charge in [-0.3, -0.25) is 9.59 Å². The number of carbonyl (C=O) groups excluding carboxylic acids is 2. The van der Waals surface area contributed by atoms with E-state index in [2.05, 4.69) is 24.5 Å². The molecule has 4 N–H and O–H groups in total. The van der Waals surface area contributed by atoms with Crippen molar-refractivity contribution in [3.8, 4) is 0 Å². The molecular weight excluding hydrogens is 318 g/mol. The minimum atomic E-state index is -0.570. The van der Waals surface area contributed by atoms with Crippen LogP contribution >= 0.6 is 0 Å². The van der Waals surface area contributed by atoms with E-state index in [1.54, 1.807) is 0 Å². The largest absolute Gasteiger partial charge is 0.376 e. The molecule has 0 aromatic rings. The molecular formula is C19H39N3O3. The van der Waals surface area contributed by atoms with Gasteiger partial charge in [0.05, 0.1) is 5.60 Å². The molecule has 148 valence electrons. The van der Waals surface area contributed by atoms with Crippen molar-refractivity contribution < 1.29 is 14.3 Å². The summed E-state index contributed by atoms with van der Waals surface area (Å²) < 4.78 is 5.82. The second-order valence-corrected chi connectivity index (χ2v) is 7.77. The van der Waals surface area contributed by atoms with Gasteiger partial charge in [-0.2, -0.15) is 0 Å². The molecule has 2 amide bonds. The highest BCUT2D eigenvalue weighted by atomic mass is 16.5. The fourth-order valence-electron chi connectivity index (χ4n) is 2.54. The third-order valence-corrected chi connectivity index (χ3v) is 4.22. The molecule has 1 unspecified atom stereocenters. The first-order valence-corrected chi connectivity index (χ1v) is 9.55. The van der Waals surface area contributed by atoms with Crippen LogP contribution in [0.5, 0.6) is 0 Å². The predicted molar refractivity (Wildman–Crippen MR) is 102 cm³/mol. The number of rotatable bonds is 15. The summed E-state index contributed by atoms with van der Waals surface area (Å²) in [7, 11) is 1.91. The summed E-state index contributed by atoms with van der Waals surface area (Å²) in [5.74, 6) is 0.0528. The van der Waals surface area contributed by atoms with E-state index in [1.807, 2.05) is 20.9 Å². The van der Waals surface area contributed by atoms with Crippen LogP contribution in [0, 0.1) is 5.92 Å². The summed E-state index contributed by atoms with van der Waals surface area (Å²) in [6.45, 7) is 9.89. The normalized spacial score (nSPS) is 13.0. The van der Waals surface area contributed by atoms with Crippen LogP contribution in [0.3, 0.4) is 0 Å². The van der Waals surface area contributed by atoms with E-state index >= 15 is 0 Å². The average molecular weight is 358 g/mol. The van der Waals surface area contributed by atoms with Gasteiger partial charge >= 0.3 is 0 Å². The van der Waals surface area contributed by atoms with Crippen molar-refractivity contribution in [1.82, 2.24) is 10.6 Å². The van der Waals surface area contributed by atoms with E-state index in [9.17, 15) is 9.59 Å². The van der Waals surface area contributed by atoms with E-state index in [-0.39, 0.29) is 11.5 Å². The van der Waals surface area contributed by atoms with Crippen LogP contribution in [0.2, 0.25) is 0 Å². The van der Waals surface area contributed by atoms with Crippen molar-refractivity contribution in [2.75, 3.05) is 20.2 Å². The zero-order chi connectivity index (χ0) is 19.3. The molecule has 0 aliphatic heterocycles. The second kappa shape index (κ2) is 13.1. The Hall–Kier alpha value is -1.14. The van der Waals surface area contributed by atoms with Gasteiger partial charge < -0.3 is 21.1 Å². The van der Waals surface area contributed by atoms with Gasteiger partial charge in [-0.05, 0) is 52.6 Å². The van der Waals surface area contributed by atoms with Gasteiger partial charge in [0, 0.05) is 13.0 Å². The van der Waals surface area contributed by atoms with Crippen molar-refractivity contribution in [1.29, 1.82) is 0 Å². The third kappa shape index (κ3) is 13.8. The number of hydrogen-bond acceptors (Lipinski definition) is 4. The summed E-state index contributed by atoms with van der Waals surface area (Å²) in [5.41, 5.74) is 5.06. The number of ether oxygens (including phenoxy) is 1. The lowest BCUT2D eigenvalue weighted by Gasteiger charge is -2.25. The van der Waals surface area contributed by atoms with Gasteiger partial charge in [0.25, 0.3) is 0 Å². The number of primary amides is 1. The van der Waals surface area contributed by atoms with Crippen LogP contribution in [-0.2, 0) is 14.3 Å². The zero-order valence-electron chi connectivity index (χ0n) is 16.8. The van der Waals surface area contributed by atoms with Gasteiger partial charge in [-0.1, -0.05) is 33.1 Å². The fraction of sp³-hybridized carbons (Fsp3) is 0.895. The van der Waals surface area contributed by atoms with E-state index < -0.39 is 11.9 Å². The zero-order valence-corrected chi connectivity index (χ0v) is 16.8. The Bertz CT molecular complexity index is 384. The number of amides is 2. The molecule has 0 aromatic carbocycles. The molecule has 0 radical (unpaired) electrons. The number of carbonyl (C=O) groups is 2. The maximum Gasteiger partial charge on any atom is 0.239 e. The number of hydrogen-bond donors (Lipinski definition) is 3. The van der Waals surface area contributed by atoms with Crippen molar-refractivity contribution in [3.63, 3.8) is 0 Å². The highest BCUT2D eigenvalue weighted by molar-refractivity contribution is 5.86. The van der Waals surface area contributed by atoms with Crippen LogP contribution in [-0.4, -0.2) is 43.7 Å². The first kappa shape index (κ1) is 23.9. The van der Waals surface area contributed by atoms with E-state index in [1.165, 1.54) is 0 Å². The summed E-state index contributed by atoms with van der Waals surface area (Å²) in [6, 6.07) is -0.570. The predicted octanol–water partition coefficient (Wildman–Crippen LogP) is 2.36. The van der Waals surface area contributed by atoms with E-state index in [0.717, 1.165) is 32.2 Å². The maximum absolute atomic E-state index is 12.1. The molecule has 1 atom stereocenters. The number of nitrogens with one attached hydrogen (secondary N) is 2. The highest BCUT2D eigenvalue weighted by Crippen LogP contribution is 2.17. The van der Waals surface area contributed by atoms with Gasteiger partial charge in [0.15, 0.2) is 0 Å². The molecule has 0 aromatic heterocycles. The van der Waals surface area contributed by atoms with Gasteiger partial charge in [-0.25, -0.2) is 0 Å². The molecule has 6 nitrogen and oxygen atoms in total. The van der Waals surface area contributed by atoms with Crippen molar-refractivity contribution >= 4 is 11.8 Å². The lowest BCUT2D eigenvalue weighted by atomic mass is 10.0. The second-order valence-electron chi connectivity index (χ2n) is 7.77. The van der Waals surface area contributed by atoms with Crippen LogP contribution in [0.15, 0.2) is 0 Å². The topological polar surface area (TPSA) is 93.4 Å². The Morgan fingerprint density at radius 3 is 2.32 bits per heavy atom. The summed E-state index contributed by atoms with van der Waals surface area (Å²) in [5, 5.41) is 5.85. The molecule has 0 aliphatic rings. The summed E-state index contributed by atoms with van der Waals surface area (Å²) in [6.07, 6.45) is 5.55. The Morgan fingerprint density at radius 2 is 1.76 bits per heavy atom. The monoisotopic (exact) mass is 357 g/mol. The molecule has 25 heavy (non-hydrogen) atoms. The molecule has 0 aliphatic carbocycles. The molecule has 0 bridgehead atoms. The number of unbranched alkanes of at least 4 members (excludes halogenated alkanes) is 1. The van der Waals surface area contributed by atoms with E-state index in [4.69, 9.17) is 10.5 Å². The van der Waals surface area contributed by atoms with Crippen LogP contribution in [0.4, 0.5) is 0 Å². The summed E-state index contributed by atoms with van der Waals surface area (Å²) in [4.78, 5) is 23.7. The standard InChI is InChI=1S/C19H39N3O3/c1-15(2)9-6-7-10-16(18(20)24)22-17(23)11-12-19(3,4)25-14-8-13-21-5/h15-16,21H,6-14H2,1-5H3,(H2,20,24)(H,22,23). The van der Waals surface area contributed by atoms with Crippen molar-refractivity contribution in [2.45, 2.75) is 84.3 Å². The van der Waals surface area contributed by atoms with Crippen LogP contribution < -0.4 is 16.4 Å². The van der Waals surface area contributed by atoms with E-state index in [0.29, 0.717) is 31.8 Å². The average Bonchev–Trinajstić information content (AvgIpc) is 2.52. The maximum atomic E-state index is 12.1. The molecule has 0 saturated carbocycles. The highest BCUT2D eigenvalue weighted by Gasteiger charge is 2.22. The van der Waals surface area contributed by atoms with Crippen LogP contribution in [0.25, 0.3) is 0 Å². The SMILES string of the molecule is CNCCCOC(C)(C)CCC(=O)NC(CCCCC(C)C)C(N)=O. The minimum absolute atomic E-state index is 0.139. The quantitative estimate of drug-likeness (QED) is 0.392. The van der Waals surface area contributed by atoms with Gasteiger partial charge in [0.2, 0.25) is 11.8 Å². The molecule has 0 rings (SSSR count). The Labute approximate surface area is 153 Å². The molecule has 6 heteroatoms. The smallest absolute Gasteiger partial charge is 0.239 e. The third-order valence-electron chi connectivity index (χ3n) is 4.22. The molecule has 0 saturated heterocycles. The lowest BCUT2D eigenvalue weighted by molar-refractivity contribution is -0.128. The number of nitrogens with two attached hydrogens (primary N) is 1. The van der Waals surface area contributed by atoms with Crippen LogP contribution in [0.1, 0.15) is 72.6 Å². The molecule has 0 spiro atoms. The Kier molecular flexibility index (Phi) is 12.5. The van der Waals surface area contributed by atoms with Gasteiger partial charge in [0.1, 0.15) is 6.04 Å². The molecule has 0 heterocycles. The lowest BCUT2D eigenvalue weighted by Crippen LogP contribution is -2.44. The minimum Gasteiger partial charge on any atom is -0.376 e. The fourth-order valence-corrected chi connectivity index (χ4v) is 2.54. The first-order valence-electron chi connectivity index (χ1n) is 9.55.